The maximum Gasteiger partial charge on any atom is 0.416 e. The van der Waals surface area contributed by atoms with Gasteiger partial charge in [-0.15, -0.1) is 0 Å². The Hall–Kier alpha value is -3.04. The number of amides is 1. The summed E-state index contributed by atoms with van der Waals surface area (Å²) < 4.78 is 67.3. The second-order valence-electron chi connectivity index (χ2n) is 7.28. The molecule has 0 aliphatic rings. The number of hydrogen-bond donors (Lipinski definition) is 1. The van der Waals surface area contributed by atoms with Gasteiger partial charge < -0.3 is 5.32 Å². The van der Waals surface area contributed by atoms with Gasteiger partial charge in [0.15, 0.2) is 0 Å². The summed E-state index contributed by atoms with van der Waals surface area (Å²) in [6, 6.07) is 14.6. The lowest BCUT2D eigenvalue weighted by atomic mass is 10.1. The van der Waals surface area contributed by atoms with Gasteiger partial charge in [0.25, 0.3) is 10.0 Å². The van der Waals surface area contributed by atoms with Crippen molar-refractivity contribution in [2.45, 2.75) is 24.9 Å². The number of carbonyl (C=O) groups is 1. The molecule has 1 amide bonds. The Balaban J connectivity index is 2.07. The first-order chi connectivity index (χ1) is 15.4. The summed E-state index contributed by atoms with van der Waals surface area (Å²) in [7, 11) is -4.42. The Kier molecular flexibility index (Phi) is 7.04. The summed E-state index contributed by atoms with van der Waals surface area (Å²) in [5, 5.41) is 2.38. The van der Waals surface area contributed by atoms with E-state index >= 15 is 0 Å². The van der Waals surface area contributed by atoms with Crippen LogP contribution in [0.1, 0.15) is 16.7 Å². The fourth-order valence-electron chi connectivity index (χ4n) is 3.11. The maximum atomic E-state index is 13.4. The molecule has 0 heterocycles. The third kappa shape index (κ3) is 5.48. The summed E-state index contributed by atoms with van der Waals surface area (Å²) in [6.45, 7) is 2.85. The van der Waals surface area contributed by atoms with Gasteiger partial charge in [-0.05, 0) is 61.4 Å². The lowest BCUT2D eigenvalue weighted by Gasteiger charge is -2.26. The number of carbonyl (C=O) groups excluding carboxylic acids is 1. The van der Waals surface area contributed by atoms with Crippen LogP contribution in [0, 0.1) is 13.8 Å². The first-order valence-electron chi connectivity index (χ1n) is 9.72. The highest BCUT2D eigenvalue weighted by Gasteiger charge is 2.34. The van der Waals surface area contributed by atoms with Crippen molar-refractivity contribution in [3.05, 3.63) is 88.4 Å². The number of rotatable bonds is 6. The molecule has 0 atom stereocenters. The molecule has 0 aromatic heterocycles. The first-order valence-corrected chi connectivity index (χ1v) is 11.5. The molecule has 5 nitrogen and oxygen atoms in total. The summed E-state index contributed by atoms with van der Waals surface area (Å²) >= 11 is 6.12. The number of nitrogens with zero attached hydrogens (tertiary/aromatic N) is 1. The zero-order valence-electron chi connectivity index (χ0n) is 17.7. The number of hydrogen-bond acceptors (Lipinski definition) is 3. The molecule has 0 radical (unpaired) electrons. The quantitative estimate of drug-likeness (QED) is 0.468. The van der Waals surface area contributed by atoms with Crippen molar-refractivity contribution in [3.8, 4) is 0 Å². The number of benzene rings is 3. The highest BCUT2D eigenvalue weighted by atomic mass is 35.5. The standard InChI is InChI=1S/C23H20ClF3N2O3S/c1-15-7-6-10-20(16(15)2)28-22(30)14-29(33(31,32)18-8-4-3-5-9-18)21-13-17(23(25,26)27)11-12-19(21)24/h3-13H,14H2,1-2H3,(H,28,30). The van der Waals surface area contributed by atoms with E-state index in [0.29, 0.717) is 16.1 Å². The van der Waals surface area contributed by atoms with Gasteiger partial charge >= 0.3 is 6.18 Å². The molecule has 3 aromatic rings. The largest absolute Gasteiger partial charge is 0.416 e. The molecule has 3 rings (SSSR count). The van der Waals surface area contributed by atoms with Crippen LogP contribution in [0.15, 0.2) is 71.6 Å². The molecule has 0 saturated heterocycles. The summed E-state index contributed by atoms with van der Waals surface area (Å²) in [6.07, 6.45) is -4.73. The highest BCUT2D eigenvalue weighted by Crippen LogP contribution is 2.37. The monoisotopic (exact) mass is 496 g/mol. The second-order valence-corrected chi connectivity index (χ2v) is 9.55. The zero-order valence-corrected chi connectivity index (χ0v) is 19.2. The van der Waals surface area contributed by atoms with E-state index < -0.39 is 39.9 Å². The van der Waals surface area contributed by atoms with Crippen LogP contribution in [-0.2, 0) is 21.0 Å². The Morgan fingerprint density at radius 2 is 1.67 bits per heavy atom. The third-order valence-corrected chi connectivity index (χ3v) is 7.13. The summed E-state index contributed by atoms with van der Waals surface area (Å²) in [5.41, 5.74) is 0.603. The SMILES string of the molecule is Cc1cccc(NC(=O)CN(c2cc(C(F)(F)F)ccc2Cl)S(=O)(=O)c2ccccc2)c1C. The van der Waals surface area contributed by atoms with Crippen molar-refractivity contribution >= 4 is 38.9 Å². The van der Waals surface area contributed by atoms with Crippen LogP contribution in [0.5, 0.6) is 0 Å². The van der Waals surface area contributed by atoms with Gasteiger partial charge in [0.1, 0.15) is 6.54 Å². The topological polar surface area (TPSA) is 66.5 Å². The summed E-state index contributed by atoms with van der Waals surface area (Å²) in [4.78, 5) is 12.7. The van der Waals surface area contributed by atoms with Crippen molar-refractivity contribution < 1.29 is 26.4 Å². The van der Waals surface area contributed by atoms with E-state index in [9.17, 15) is 26.4 Å². The minimum atomic E-state index is -4.73. The molecule has 0 spiro atoms. The highest BCUT2D eigenvalue weighted by molar-refractivity contribution is 7.92. The van der Waals surface area contributed by atoms with Crippen LogP contribution in [0.4, 0.5) is 24.5 Å². The van der Waals surface area contributed by atoms with E-state index in [1.165, 1.54) is 24.3 Å². The maximum absolute atomic E-state index is 13.4. The number of anilines is 2. The average molecular weight is 497 g/mol. The van der Waals surface area contributed by atoms with Gasteiger partial charge in [-0.25, -0.2) is 8.42 Å². The summed E-state index contributed by atoms with van der Waals surface area (Å²) in [5.74, 6) is -0.739. The van der Waals surface area contributed by atoms with E-state index in [0.717, 1.165) is 23.3 Å². The molecule has 10 heteroatoms. The van der Waals surface area contributed by atoms with Crippen molar-refractivity contribution in [2.75, 3.05) is 16.2 Å². The lowest BCUT2D eigenvalue weighted by molar-refractivity contribution is -0.137. The Morgan fingerprint density at radius 3 is 2.30 bits per heavy atom. The van der Waals surface area contributed by atoms with Gasteiger partial charge in [-0.1, -0.05) is 41.9 Å². The van der Waals surface area contributed by atoms with Crippen LogP contribution in [0.3, 0.4) is 0 Å². The fraction of sp³-hybridized carbons (Fsp3) is 0.174. The van der Waals surface area contributed by atoms with E-state index in [-0.39, 0.29) is 9.92 Å². The number of alkyl halides is 3. The molecule has 1 N–H and O–H groups in total. The van der Waals surface area contributed by atoms with Gasteiger partial charge in [-0.3, -0.25) is 9.10 Å². The molecule has 0 aliphatic heterocycles. The minimum Gasteiger partial charge on any atom is -0.324 e. The molecule has 3 aromatic carbocycles. The number of halogens is 4. The molecule has 0 fully saturated rings. The molecule has 0 unspecified atom stereocenters. The molecular weight excluding hydrogens is 477 g/mol. The van der Waals surface area contributed by atoms with E-state index in [2.05, 4.69) is 5.32 Å². The van der Waals surface area contributed by atoms with Crippen LogP contribution in [0.25, 0.3) is 0 Å². The van der Waals surface area contributed by atoms with Crippen molar-refractivity contribution in [3.63, 3.8) is 0 Å². The smallest absolute Gasteiger partial charge is 0.324 e. The number of nitrogens with one attached hydrogen (secondary N) is 1. The fourth-order valence-corrected chi connectivity index (χ4v) is 4.83. The predicted molar refractivity (Wildman–Crippen MR) is 122 cm³/mol. The Morgan fingerprint density at radius 1 is 1.00 bits per heavy atom. The normalized spacial score (nSPS) is 11.8. The van der Waals surface area contributed by atoms with Crippen molar-refractivity contribution in [2.24, 2.45) is 0 Å². The van der Waals surface area contributed by atoms with E-state index in [1.54, 1.807) is 25.1 Å². The molecule has 174 valence electrons. The molecule has 33 heavy (non-hydrogen) atoms. The van der Waals surface area contributed by atoms with Crippen molar-refractivity contribution in [1.29, 1.82) is 0 Å². The Bertz CT molecular complexity index is 1280. The van der Waals surface area contributed by atoms with Gasteiger partial charge in [0.2, 0.25) is 5.91 Å². The number of sulfonamides is 1. The van der Waals surface area contributed by atoms with Gasteiger partial charge in [-0.2, -0.15) is 13.2 Å². The Labute approximate surface area is 194 Å². The average Bonchev–Trinajstić information content (AvgIpc) is 2.75. The number of aryl methyl sites for hydroxylation is 1. The van der Waals surface area contributed by atoms with E-state index in [1.807, 2.05) is 13.0 Å². The van der Waals surface area contributed by atoms with Gasteiger partial charge in [0.05, 0.1) is 21.2 Å². The molecular formula is C23H20ClF3N2O3S. The predicted octanol–water partition coefficient (Wildman–Crippen LogP) is 5.81. The third-order valence-electron chi connectivity index (χ3n) is 5.04. The zero-order chi connectivity index (χ0) is 24.4. The lowest BCUT2D eigenvalue weighted by Crippen LogP contribution is -2.38. The molecule has 0 saturated carbocycles. The minimum absolute atomic E-state index is 0.196. The van der Waals surface area contributed by atoms with Crippen LogP contribution >= 0.6 is 11.6 Å². The first kappa shape index (κ1) is 24.6. The van der Waals surface area contributed by atoms with E-state index in [4.69, 9.17) is 11.6 Å². The second kappa shape index (κ2) is 9.44. The van der Waals surface area contributed by atoms with Gasteiger partial charge in [0, 0.05) is 5.69 Å². The van der Waals surface area contributed by atoms with Crippen LogP contribution in [0.2, 0.25) is 5.02 Å². The molecule has 0 bridgehead atoms. The molecule has 0 aliphatic carbocycles. The van der Waals surface area contributed by atoms with Crippen molar-refractivity contribution in [1.82, 2.24) is 0 Å². The van der Waals surface area contributed by atoms with Crippen LogP contribution < -0.4 is 9.62 Å². The van der Waals surface area contributed by atoms with Crippen LogP contribution in [-0.4, -0.2) is 20.9 Å².